The number of thiophene rings is 1. The standard InChI is InChI=1S/C20H19FN2O3S2/c1-14(16-6-8-17(21)9-7-16)22-19(24)13-15-4-10-18(11-5-15)23-28(25,26)20-3-2-12-27-20/h2-12,14,23H,13H2,1H3,(H,22,24). The van der Waals surface area contributed by atoms with E-state index < -0.39 is 10.0 Å². The monoisotopic (exact) mass is 418 g/mol. The van der Waals surface area contributed by atoms with E-state index in [1.807, 2.05) is 6.92 Å². The van der Waals surface area contributed by atoms with Gasteiger partial charge in [0.1, 0.15) is 10.0 Å². The minimum absolute atomic E-state index is 0.156. The summed E-state index contributed by atoms with van der Waals surface area (Å²) in [5.74, 6) is -0.499. The van der Waals surface area contributed by atoms with Crippen molar-refractivity contribution in [1.29, 1.82) is 0 Å². The highest BCUT2D eigenvalue weighted by Crippen LogP contribution is 2.20. The molecule has 2 N–H and O–H groups in total. The summed E-state index contributed by atoms with van der Waals surface area (Å²) in [5.41, 5.74) is 1.99. The Morgan fingerprint density at radius 1 is 1.07 bits per heavy atom. The maximum Gasteiger partial charge on any atom is 0.271 e. The predicted molar refractivity (Wildman–Crippen MR) is 108 cm³/mol. The third kappa shape index (κ3) is 5.17. The van der Waals surface area contributed by atoms with Crippen molar-refractivity contribution in [2.24, 2.45) is 0 Å². The SMILES string of the molecule is CC(NC(=O)Cc1ccc(NS(=O)(=O)c2cccs2)cc1)c1ccc(F)cc1. The summed E-state index contributed by atoms with van der Waals surface area (Å²) in [7, 11) is -3.59. The molecule has 146 valence electrons. The summed E-state index contributed by atoms with van der Waals surface area (Å²) < 4.78 is 40.2. The fourth-order valence-corrected chi connectivity index (χ4v) is 4.68. The van der Waals surface area contributed by atoms with Crippen molar-refractivity contribution in [1.82, 2.24) is 5.32 Å². The fraction of sp³-hybridized carbons (Fsp3) is 0.150. The zero-order valence-corrected chi connectivity index (χ0v) is 16.7. The molecular formula is C20H19FN2O3S2. The van der Waals surface area contributed by atoms with Gasteiger partial charge in [-0.1, -0.05) is 30.3 Å². The number of amides is 1. The van der Waals surface area contributed by atoms with E-state index in [1.54, 1.807) is 47.8 Å². The van der Waals surface area contributed by atoms with E-state index >= 15 is 0 Å². The second kappa shape index (κ2) is 8.53. The van der Waals surface area contributed by atoms with Crippen LogP contribution in [0.3, 0.4) is 0 Å². The van der Waals surface area contributed by atoms with Crippen LogP contribution in [-0.2, 0) is 21.2 Å². The summed E-state index contributed by atoms with van der Waals surface area (Å²) >= 11 is 1.14. The average molecular weight is 419 g/mol. The Labute approximate surface area is 167 Å². The Hall–Kier alpha value is -2.71. The van der Waals surface area contributed by atoms with E-state index in [4.69, 9.17) is 0 Å². The maximum atomic E-state index is 13.0. The number of benzene rings is 2. The van der Waals surface area contributed by atoms with Crippen molar-refractivity contribution in [2.75, 3.05) is 4.72 Å². The molecule has 0 aliphatic rings. The first-order chi connectivity index (χ1) is 13.3. The molecule has 5 nitrogen and oxygen atoms in total. The van der Waals surface area contributed by atoms with E-state index in [0.717, 1.165) is 22.5 Å². The quantitative estimate of drug-likeness (QED) is 0.606. The third-order valence-corrected chi connectivity index (χ3v) is 6.86. The van der Waals surface area contributed by atoms with Crippen LogP contribution in [0.1, 0.15) is 24.1 Å². The molecule has 0 bridgehead atoms. The minimum atomic E-state index is -3.59. The highest BCUT2D eigenvalue weighted by molar-refractivity contribution is 7.94. The van der Waals surface area contributed by atoms with Gasteiger partial charge in [0.15, 0.2) is 0 Å². The second-order valence-electron chi connectivity index (χ2n) is 6.25. The number of carbonyl (C=O) groups is 1. The number of sulfonamides is 1. The first-order valence-corrected chi connectivity index (χ1v) is 10.9. The van der Waals surface area contributed by atoms with Crippen molar-refractivity contribution >= 4 is 33.0 Å². The van der Waals surface area contributed by atoms with Gasteiger partial charge in [0, 0.05) is 5.69 Å². The summed E-state index contributed by atoms with van der Waals surface area (Å²) in [6.45, 7) is 1.83. The van der Waals surface area contributed by atoms with Crippen LogP contribution in [-0.4, -0.2) is 14.3 Å². The lowest BCUT2D eigenvalue weighted by Gasteiger charge is -2.14. The van der Waals surface area contributed by atoms with Crippen LogP contribution >= 0.6 is 11.3 Å². The lowest BCUT2D eigenvalue weighted by molar-refractivity contribution is -0.121. The fourth-order valence-electron chi connectivity index (χ4n) is 2.63. The van der Waals surface area contributed by atoms with Crippen LogP contribution in [0, 0.1) is 5.82 Å². The maximum absolute atomic E-state index is 13.0. The molecule has 0 spiro atoms. The summed E-state index contributed by atoms with van der Waals surface area (Å²) in [6, 6.07) is 15.6. The van der Waals surface area contributed by atoms with Crippen LogP contribution in [0.2, 0.25) is 0 Å². The van der Waals surface area contributed by atoms with Crippen molar-refractivity contribution in [3.63, 3.8) is 0 Å². The molecule has 8 heteroatoms. The molecule has 0 aliphatic heterocycles. The van der Waals surface area contributed by atoms with Gasteiger partial charge in [-0.2, -0.15) is 0 Å². The van der Waals surface area contributed by atoms with Gasteiger partial charge in [-0.25, -0.2) is 12.8 Å². The van der Waals surface area contributed by atoms with Crippen molar-refractivity contribution in [3.05, 3.63) is 83.0 Å². The normalized spacial score (nSPS) is 12.4. The number of anilines is 1. The van der Waals surface area contributed by atoms with Gasteiger partial charge >= 0.3 is 0 Å². The molecule has 0 aliphatic carbocycles. The van der Waals surface area contributed by atoms with Crippen LogP contribution in [0.15, 0.2) is 70.3 Å². The van der Waals surface area contributed by atoms with Crippen LogP contribution in [0.5, 0.6) is 0 Å². The zero-order valence-electron chi connectivity index (χ0n) is 15.1. The lowest BCUT2D eigenvalue weighted by atomic mass is 10.1. The largest absolute Gasteiger partial charge is 0.349 e. The number of hydrogen-bond donors (Lipinski definition) is 2. The van der Waals surface area contributed by atoms with Gasteiger partial charge < -0.3 is 5.32 Å². The number of halogens is 1. The first-order valence-electron chi connectivity index (χ1n) is 8.53. The van der Waals surface area contributed by atoms with Crippen molar-refractivity contribution in [2.45, 2.75) is 23.6 Å². The minimum Gasteiger partial charge on any atom is -0.349 e. The zero-order chi connectivity index (χ0) is 20.1. The molecule has 3 aromatic rings. The van der Waals surface area contributed by atoms with Gasteiger partial charge in [0.2, 0.25) is 5.91 Å². The predicted octanol–water partition coefficient (Wildman–Crippen LogP) is 4.11. The molecule has 0 saturated heterocycles. The molecule has 1 aromatic heterocycles. The molecule has 1 atom stereocenters. The second-order valence-corrected chi connectivity index (χ2v) is 9.11. The molecule has 0 fully saturated rings. The Balaban J connectivity index is 1.58. The number of hydrogen-bond acceptors (Lipinski definition) is 4. The average Bonchev–Trinajstić information content (AvgIpc) is 3.19. The molecular weight excluding hydrogens is 399 g/mol. The molecule has 2 aromatic carbocycles. The Bertz CT molecular complexity index is 1030. The molecule has 1 amide bonds. The first kappa shape index (κ1) is 20.0. The molecule has 3 rings (SSSR count). The van der Waals surface area contributed by atoms with Crippen LogP contribution in [0.4, 0.5) is 10.1 Å². The van der Waals surface area contributed by atoms with E-state index in [1.165, 1.54) is 18.2 Å². The van der Waals surface area contributed by atoms with E-state index in [-0.39, 0.29) is 28.4 Å². The van der Waals surface area contributed by atoms with Gasteiger partial charge in [-0.3, -0.25) is 9.52 Å². The molecule has 1 heterocycles. The van der Waals surface area contributed by atoms with E-state index in [0.29, 0.717) is 5.69 Å². The van der Waals surface area contributed by atoms with Gasteiger partial charge in [0.25, 0.3) is 10.0 Å². The molecule has 28 heavy (non-hydrogen) atoms. The lowest BCUT2D eigenvalue weighted by Crippen LogP contribution is -2.28. The van der Waals surface area contributed by atoms with Gasteiger partial charge in [-0.15, -0.1) is 11.3 Å². The summed E-state index contributed by atoms with van der Waals surface area (Å²) in [4.78, 5) is 12.2. The van der Waals surface area contributed by atoms with Crippen molar-refractivity contribution in [3.8, 4) is 0 Å². The van der Waals surface area contributed by atoms with Crippen LogP contribution < -0.4 is 10.0 Å². The third-order valence-electron chi connectivity index (χ3n) is 4.08. The van der Waals surface area contributed by atoms with E-state index in [9.17, 15) is 17.6 Å². The Morgan fingerprint density at radius 2 is 1.75 bits per heavy atom. The van der Waals surface area contributed by atoms with Gasteiger partial charge in [0.05, 0.1) is 12.5 Å². The molecule has 0 radical (unpaired) electrons. The number of rotatable bonds is 7. The topological polar surface area (TPSA) is 75.3 Å². The number of carbonyl (C=O) groups excluding carboxylic acids is 1. The van der Waals surface area contributed by atoms with E-state index in [2.05, 4.69) is 10.0 Å². The summed E-state index contributed by atoms with van der Waals surface area (Å²) in [6.07, 6.45) is 0.156. The van der Waals surface area contributed by atoms with Gasteiger partial charge in [-0.05, 0) is 53.8 Å². The molecule has 0 saturated carbocycles. The highest BCUT2D eigenvalue weighted by atomic mass is 32.2. The van der Waals surface area contributed by atoms with Crippen LogP contribution in [0.25, 0.3) is 0 Å². The Morgan fingerprint density at radius 3 is 2.36 bits per heavy atom. The highest BCUT2D eigenvalue weighted by Gasteiger charge is 2.15. The smallest absolute Gasteiger partial charge is 0.271 e. The number of nitrogens with one attached hydrogen (secondary N) is 2. The summed E-state index contributed by atoms with van der Waals surface area (Å²) in [5, 5.41) is 4.56. The van der Waals surface area contributed by atoms with Crippen molar-refractivity contribution < 1.29 is 17.6 Å². The molecule has 1 unspecified atom stereocenters. The Kier molecular flexibility index (Phi) is 6.11.